The monoisotopic (exact) mass is 355 g/mol. The maximum Gasteiger partial charge on any atom is 0.263 e. The SMILES string of the molecule is C=CCNC(=O)CSc1nnc2n(CC=C)c(=O)c3ccccc3n12. The van der Waals surface area contributed by atoms with E-state index in [4.69, 9.17) is 0 Å². The minimum atomic E-state index is -0.143. The average Bonchev–Trinajstić information content (AvgIpc) is 3.05. The van der Waals surface area contributed by atoms with Crippen molar-refractivity contribution in [3.05, 3.63) is 59.9 Å². The number of carbonyl (C=O) groups is 1. The van der Waals surface area contributed by atoms with Crippen LogP contribution in [-0.2, 0) is 11.3 Å². The summed E-state index contributed by atoms with van der Waals surface area (Å²) >= 11 is 1.26. The predicted molar refractivity (Wildman–Crippen MR) is 98.9 cm³/mol. The van der Waals surface area contributed by atoms with E-state index >= 15 is 0 Å². The van der Waals surface area contributed by atoms with Gasteiger partial charge in [-0.3, -0.25) is 18.6 Å². The fraction of sp³-hybridized carbons (Fsp3) is 0.176. The molecular weight excluding hydrogens is 338 g/mol. The van der Waals surface area contributed by atoms with Crippen molar-refractivity contribution in [3.8, 4) is 0 Å². The molecule has 0 atom stereocenters. The van der Waals surface area contributed by atoms with E-state index in [-0.39, 0.29) is 17.2 Å². The van der Waals surface area contributed by atoms with Gasteiger partial charge < -0.3 is 5.32 Å². The number of nitrogens with one attached hydrogen (secondary N) is 1. The van der Waals surface area contributed by atoms with Crippen molar-refractivity contribution in [2.24, 2.45) is 0 Å². The molecule has 0 saturated carbocycles. The summed E-state index contributed by atoms with van der Waals surface area (Å²) in [5, 5.41) is 12.1. The molecule has 0 radical (unpaired) electrons. The van der Waals surface area contributed by atoms with Crippen molar-refractivity contribution < 1.29 is 4.79 Å². The zero-order valence-corrected chi connectivity index (χ0v) is 14.3. The van der Waals surface area contributed by atoms with Gasteiger partial charge in [0.2, 0.25) is 11.7 Å². The van der Waals surface area contributed by atoms with Crippen molar-refractivity contribution in [1.29, 1.82) is 0 Å². The first-order chi connectivity index (χ1) is 12.2. The molecule has 0 aliphatic heterocycles. The van der Waals surface area contributed by atoms with Crippen molar-refractivity contribution >= 4 is 34.3 Å². The largest absolute Gasteiger partial charge is 0.352 e. The first-order valence-corrected chi connectivity index (χ1v) is 8.64. The van der Waals surface area contributed by atoms with Crippen LogP contribution in [0.1, 0.15) is 0 Å². The van der Waals surface area contributed by atoms with Gasteiger partial charge in [0.25, 0.3) is 5.56 Å². The van der Waals surface area contributed by atoms with Gasteiger partial charge in [0.15, 0.2) is 5.16 Å². The Morgan fingerprint density at radius 1 is 1.24 bits per heavy atom. The van der Waals surface area contributed by atoms with Gasteiger partial charge in [-0.2, -0.15) is 0 Å². The van der Waals surface area contributed by atoms with Crippen LogP contribution in [0.15, 0.2) is 59.5 Å². The highest BCUT2D eigenvalue weighted by atomic mass is 32.2. The first-order valence-electron chi connectivity index (χ1n) is 7.65. The van der Waals surface area contributed by atoms with Crippen LogP contribution >= 0.6 is 11.8 Å². The van der Waals surface area contributed by atoms with Gasteiger partial charge in [-0.25, -0.2) is 0 Å². The normalized spacial score (nSPS) is 10.9. The molecule has 7 nitrogen and oxygen atoms in total. The lowest BCUT2D eigenvalue weighted by atomic mass is 10.2. The number of hydrogen-bond acceptors (Lipinski definition) is 5. The average molecular weight is 355 g/mol. The number of fused-ring (bicyclic) bond motifs is 3. The van der Waals surface area contributed by atoms with Gasteiger partial charge in [0.1, 0.15) is 0 Å². The molecule has 2 heterocycles. The van der Waals surface area contributed by atoms with Gasteiger partial charge in [-0.05, 0) is 12.1 Å². The van der Waals surface area contributed by atoms with E-state index in [1.54, 1.807) is 22.6 Å². The highest BCUT2D eigenvalue weighted by molar-refractivity contribution is 7.99. The van der Waals surface area contributed by atoms with Crippen LogP contribution in [0.25, 0.3) is 16.7 Å². The Morgan fingerprint density at radius 3 is 2.80 bits per heavy atom. The fourth-order valence-corrected chi connectivity index (χ4v) is 3.26. The standard InChI is InChI=1S/C17H17N5O2S/c1-3-9-18-14(23)11-25-17-20-19-16-21(10-4-2)15(24)12-7-5-6-8-13(12)22(16)17/h3-8H,1-2,9-11H2,(H,18,23). The second-order valence-corrected chi connectivity index (χ2v) is 6.16. The van der Waals surface area contributed by atoms with Gasteiger partial charge in [-0.1, -0.05) is 36.0 Å². The number of carbonyl (C=O) groups excluding carboxylic acids is 1. The van der Waals surface area contributed by atoms with E-state index in [0.717, 1.165) is 0 Å². The summed E-state index contributed by atoms with van der Waals surface area (Å²) < 4.78 is 3.32. The van der Waals surface area contributed by atoms with Gasteiger partial charge in [0.05, 0.1) is 16.7 Å². The summed E-state index contributed by atoms with van der Waals surface area (Å²) in [4.78, 5) is 24.5. The molecule has 0 saturated heterocycles. The molecule has 0 unspecified atom stereocenters. The molecule has 3 aromatic rings. The first kappa shape index (κ1) is 17.0. The summed E-state index contributed by atoms with van der Waals surface area (Å²) in [7, 11) is 0. The molecule has 8 heteroatoms. The number of allylic oxidation sites excluding steroid dienone is 1. The maximum atomic E-state index is 12.7. The molecule has 3 rings (SSSR count). The lowest BCUT2D eigenvalue weighted by Crippen LogP contribution is -2.25. The number of thioether (sulfide) groups is 1. The van der Waals surface area contributed by atoms with E-state index in [1.165, 1.54) is 16.3 Å². The Balaban J connectivity index is 2.09. The molecule has 2 aromatic heterocycles. The summed E-state index contributed by atoms with van der Waals surface area (Å²) in [5.74, 6) is 0.506. The Kier molecular flexibility index (Phi) is 4.99. The molecule has 128 valence electrons. The lowest BCUT2D eigenvalue weighted by Gasteiger charge is -2.09. The van der Waals surface area contributed by atoms with Gasteiger partial charge in [0, 0.05) is 13.1 Å². The second-order valence-electron chi connectivity index (χ2n) is 5.22. The van der Waals surface area contributed by atoms with Crippen molar-refractivity contribution in [3.63, 3.8) is 0 Å². The van der Waals surface area contributed by atoms with E-state index < -0.39 is 0 Å². The molecule has 1 amide bonds. The molecule has 0 aliphatic rings. The van der Waals surface area contributed by atoms with E-state index in [0.29, 0.717) is 34.9 Å². The summed E-state index contributed by atoms with van der Waals surface area (Å²) in [6.07, 6.45) is 3.26. The Hall–Kier alpha value is -2.87. The van der Waals surface area contributed by atoms with Crippen LogP contribution in [-0.4, -0.2) is 37.4 Å². The number of para-hydroxylation sites is 1. The molecule has 0 bridgehead atoms. The Labute approximate surface area is 148 Å². The zero-order valence-electron chi connectivity index (χ0n) is 13.5. The van der Waals surface area contributed by atoms with Crippen molar-refractivity contribution in [2.45, 2.75) is 11.7 Å². The summed E-state index contributed by atoms with van der Waals surface area (Å²) in [6.45, 7) is 8.01. The van der Waals surface area contributed by atoms with Crippen LogP contribution in [0.2, 0.25) is 0 Å². The van der Waals surface area contributed by atoms with Crippen LogP contribution in [0.5, 0.6) is 0 Å². The third-order valence-corrected chi connectivity index (χ3v) is 4.49. The fourth-order valence-electron chi connectivity index (χ4n) is 2.49. The highest BCUT2D eigenvalue weighted by Crippen LogP contribution is 2.21. The minimum Gasteiger partial charge on any atom is -0.352 e. The van der Waals surface area contributed by atoms with Crippen LogP contribution in [0, 0.1) is 0 Å². The lowest BCUT2D eigenvalue weighted by molar-refractivity contribution is -0.118. The van der Waals surface area contributed by atoms with E-state index in [1.807, 2.05) is 18.2 Å². The topological polar surface area (TPSA) is 81.3 Å². The molecular formula is C17H17N5O2S. The third-order valence-electron chi connectivity index (χ3n) is 3.57. The number of hydrogen-bond donors (Lipinski definition) is 1. The smallest absolute Gasteiger partial charge is 0.263 e. The molecule has 25 heavy (non-hydrogen) atoms. The summed E-state index contributed by atoms with van der Waals surface area (Å²) in [5.41, 5.74) is 0.567. The zero-order chi connectivity index (χ0) is 17.8. The summed E-state index contributed by atoms with van der Waals surface area (Å²) in [6, 6.07) is 7.27. The highest BCUT2D eigenvalue weighted by Gasteiger charge is 2.16. The van der Waals surface area contributed by atoms with Gasteiger partial charge in [-0.15, -0.1) is 23.4 Å². The van der Waals surface area contributed by atoms with Gasteiger partial charge >= 0.3 is 0 Å². The van der Waals surface area contributed by atoms with Crippen LogP contribution < -0.4 is 10.9 Å². The minimum absolute atomic E-state index is 0.120. The molecule has 0 fully saturated rings. The molecule has 1 aromatic carbocycles. The Bertz CT molecular complexity index is 1020. The Morgan fingerprint density at radius 2 is 2.04 bits per heavy atom. The van der Waals surface area contributed by atoms with Crippen LogP contribution in [0.4, 0.5) is 0 Å². The number of amides is 1. The quantitative estimate of drug-likeness (QED) is 0.515. The second kappa shape index (κ2) is 7.35. The van der Waals surface area contributed by atoms with E-state index in [2.05, 4.69) is 28.7 Å². The van der Waals surface area contributed by atoms with Crippen molar-refractivity contribution in [1.82, 2.24) is 24.5 Å². The maximum absolute atomic E-state index is 12.7. The van der Waals surface area contributed by atoms with Crippen molar-refractivity contribution in [2.75, 3.05) is 12.3 Å². The number of aromatic nitrogens is 4. The number of rotatable bonds is 7. The number of benzene rings is 1. The van der Waals surface area contributed by atoms with E-state index in [9.17, 15) is 9.59 Å². The molecule has 1 N–H and O–H groups in total. The molecule has 0 aliphatic carbocycles. The predicted octanol–water partition coefficient (Wildman–Crippen LogP) is 1.62. The number of nitrogens with zero attached hydrogens (tertiary/aromatic N) is 4. The molecule has 0 spiro atoms. The van der Waals surface area contributed by atoms with Crippen LogP contribution in [0.3, 0.4) is 0 Å². The third kappa shape index (κ3) is 3.20.